The molecular formula is C18H15F3N2O5. The zero-order chi connectivity index (χ0) is 20.4. The summed E-state index contributed by atoms with van der Waals surface area (Å²) < 4.78 is 44.2. The summed E-state index contributed by atoms with van der Waals surface area (Å²) in [5.74, 6) is -8.70. The summed E-state index contributed by atoms with van der Waals surface area (Å²) >= 11 is 0. The number of carbonyl (C=O) groups is 4. The predicted molar refractivity (Wildman–Crippen MR) is 88.0 cm³/mol. The summed E-state index contributed by atoms with van der Waals surface area (Å²) in [6.07, 6.45) is 4.44. The van der Waals surface area contributed by atoms with Crippen molar-refractivity contribution < 1.29 is 37.1 Å². The number of ether oxygens (including phenoxy) is 1. The average Bonchev–Trinajstić information content (AvgIpc) is 2.92. The Kier molecular flexibility index (Phi) is 5.48. The molecule has 0 saturated carbocycles. The summed E-state index contributed by atoms with van der Waals surface area (Å²) in [6, 6.07) is 1.43. The van der Waals surface area contributed by atoms with E-state index in [1.807, 2.05) is 5.32 Å². The van der Waals surface area contributed by atoms with Gasteiger partial charge in [0, 0.05) is 0 Å². The Morgan fingerprint density at radius 2 is 1.64 bits per heavy atom. The van der Waals surface area contributed by atoms with E-state index in [0.717, 1.165) is 11.0 Å². The first-order chi connectivity index (χ1) is 13.3. The van der Waals surface area contributed by atoms with E-state index in [9.17, 15) is 32.3 Å². The number of benzene rings is 1. The smallest absolute Gasteiger partial charge is 0.326 e. The number of rotatable bonds is 5. The minimum Gasteiger partial charge on any atom is -0.454 e. The van der Waals surface area contributed by atoms with Crippen molar-refractivity contribution in [3.63, 3.8) is 0 Å². The molecule has 3 rings (SSSR count). The zero-order valence-corrected chi connectivity index (χ0v) is 14.4. The Labute approximate surface area is 157 Å². The second-order valence-electron chi connectivity index (χ2n) is 6.35. The molecule has 1 fully saturated rings. The van der Waals surface area contributed by atoms with Crippen LogP contribution in [-0.4, -0.2) is 41.7 Å². The summed E-state index contributed by atoms with van der Waals surface area (Å²) in [4.78, 5) is 48.9. The first-order valence-electron chi connectivity index (χ1n) is 8.38. The molecule has 0 spiro atoms. The third-order valence-electron chi connectivity index (χ3n) is 4.56. The number of anilines is 1. The van der Waals surface area contributed by atoms with Crippen LogP contribution in [0, 0.1) is 29.3 Å². The number of hydrogen-bond acceptors (Lipinski definition) is 5. The van der Waals surface area contributed by atoms with Gasteiger partial charge in [-0.3, -0.25) is 24.1 Å². The number of allylic oxidation sites excluding steroid dienone is 2. The number of halogens is 3. The van der Waals surface area contributed by atoms with Gasteiger partial charge >= 0.3 is 5.97 Å². The van der Waals surface area contributed by atoms with E-state index in [0.29, 0.717) is 18.9 Å². The van der Waals surface area contributed by atoms with Gasteiger partial charge in [-0.15, -0.1) is 0 Å². The van der Waals surface area contributed by atoms with Crippen molar-refractivity contribution in [2.24, 2.45) is 11.8 Å². The molecule has 2 aliphatic rings. The summed E-state index contributed by atoms with van der Waals surface area (Å²) in [5, 5.41) is 1.93. The van der Waals surface area contributed by atoms with E-state index in [1.54, 1.807) is 12.2 Å². The number of nitrogens with one attached hydrogen (secondary N) is 1. The molecule has 0 unspecified atom stereocenters. The van der Waals surface area contributed by atoms with Crippen LogP contribution >= 0.6 is 0 Å². The highest BCUT2D eigenvalue weighted by Gasteiger charge is 2.47. The van der Waals surface area contributed by atoms with Gasteiger partial charge in [0.2, 0.25) is 11.8 Å². The molecule has 0 radical (unpaired) electrons. The Morgan fingerprint density at radius 1 is 1.04 bits per heavy atom. The average molecular weight is 396 g/mol. The van der Waals surface area contributed by atoms with Crippen molar-refractivity contribution in [1.82, 2.24) is 4.90 Å². The largest absolute Gasteiger partial charge is 0.454 e. The van der Waals surface area contributed by atoms with Crippen LogP contribution in [-0.2, 0) is 23.9 Å². The lowest BCUT2D eigenvalue weighted by molar-refractivity contribution is -0.154. The van der Waals surface area contributed by atoms with E-state index in [-0.39, 0.29) is 0 Å². The number of hydrogen-bond donors (Lipinski definition) is 1. The van der Waals surface area contributed by atoms with Gasteiger partial charge in [0.15, 0.2) is 24.1 Å². The van der Waals surface area contributed by atoms with Gasteiger partial charge < -0.3 is 10.1 Å². The minimum atomic E-state index is -1.75. The van der Waals surface area contributed by atoms with Crippen LogP contribution in [0.25, 0.3) is 0 Å². The topological polar surface area (TPSA) is 92.8 Å². The molecule has 148 valence electrons. The fourth-order valence-electron chi connectivity index (χ4n) is 3.15. The fraction of sp³-hybridized carbons (Fsp3) is 0.333. The van der Waals surface area contributed by atoms with Crippen LogP contribution in [0.3, 0.4) is 0 Å². The molecular weight excluding hydrogens is 381 g/mol. The number of likely N-dealkylation sites (tertiary alicyclic amines) is 1. The van der Waals surface area contributed by atoms with Gasteiger partial charge in [-0.25, -0.2) is 13.2 Å². The lowest BCUT2D eigenvalue weighted by atomic mass is 9.85. The summed E-state index contributed by atoms with van der Waals surface area (Å²) in [7, 11) is 0. The highest BCUT2D eigenvalue weighted by atomic mass is 19.2. The standard InChI is InChI=1S/C18H15F3N2O5/c19-11-5-6-12(16(21)15(11)20)22-13(24)8-28-14(25)7-23-17(26)9-3-1-2-4-10(9)18(23)27/h1-2,5-6,9-10H,3-4,7-8H2,(H,22,24)/t9-,10-/m0/s1. The lowest BCUT2D eigenvalue weighted by Gasteiger charge is -2.14. The monoisotopic (exact) mass is 396 g/mol. The van der Waals surface area contributed by atoms with Gasteiger partial charge in [-0.05, 0) is 25.0 Å². The Bertz CT molecular complexity index is 860. The molecule has 1 aromatic rings. The third-order valence-corrected chi connectivity index (χ3v) is 4.56. The summed E-state index contributed by atoms with van der Waals surface area (Å²) in [5.41, 5.74) is -0.624. The molecule has 1 aliphatic carbocycles. The molecule has 1 saturated heterocycles. The molecule has 0 aromatic heterocycles. The van der Waals surface area contributed by atoms with Crippen LogP contribution in [0.2, 0.25) is 0 Å². The fourth-order valence-corrected chi connectivity index (χ4v) is 3.15. The van der Waals surface area contributed by atoms with Crippen LogP contribution in [0.5, 0.6) is 0 Å². The van der Waals surface area contributed by atoms with E-state index in [4.69, 9.17) is 0 Å². The Hall–Kier alpha value is -3.17. The van der Waals surface area contributed by atoms with Crippen molar-refractivity contribution in [1.29, 1.82) is 0 Å². The number of imide groups is 1. The van der Waals surface area contributed by atoms with Crippen molar-refractivity contribution in [2.45, 2.75) is 12.8 Å². The van der Waals surface area contributed by atoms with Gasteiger partial charge in [0.1, 0.15) is 6.54 Å². The molecule has 0 bridgehead atoms. The molecule has 7 nitrogen and oxygen atoms in total. The highest BCUT2D eigenvalue weighted by Crippen LogP contribution is 2.34. The van der Waals surface area contributed by atoms with Crippen molar-refractivity contribution in [2.75, 3.05) is 18.5 Å². The molecule has 1 aromatic carbocycles. The second kappa shape index (κ2) is 7.83. The lowest BCUT2D eigenvalue weighted by Crippen LogP contribution is -2.37. The van der Waals surface area contributed by atoms with Gasteiger partial charge in [0.25, 0.3) is 5.91 Å². The number of fused-ring (bicyclic) bond motifs is 1. The molecule has 1 heterocycles. The molecule has 2 atom stereocenters. The predicted octanol–water partition coefficient (Wildman–Crippen LogP) is 1.54. The first-order valence-corrected chi connectivity index (χ1v) is 8.38. The van der Waals surface area contributed by atoms with Gasteiger partial charge in [-0.1, -0.05) is 12.2 Å². The number of nitrogens with zero attached hydrogens (tertiary/aromatic N) is 1. The third kappa shape index (κ3) is 3.75. The van der Waals surface area contributed by atoms with Crippen molar-refractivity contribution >= 4 is 29.4 Å². The van der Waals surface area contributed by atoms with Crippen LogP contribution in [0.1, 0.15) is 12.8 Å². The zero-order valence-electron chi connectivity index (χ0n) is 14.4. The Morgan fingerprint density at radius 3 is 2.25 bits per heavy atom. The molecule has 1 N–H and O–H groups in total. The van der Waals surface area contributed by atoms with Gasteiger partial charge in [0.05, 0.1) is 17.5 Å². The maximum atomic E-state index is 13.5. The molecule has 10 heteroatoms. The van der Waals surface area contributed by atoms with E-state index in [2.05, 4.69) is 4.74 Å². The number of carbonyl (C=O) groups excluding carboxylic acids is 4. The second-order valence-corrected chi connectivity index (χ2v) is 6.35. The van der Waals surface area contributed by atoms with Crippen molar-refractivity contribution in [3.8, 4) is 0 Å². The van der Waals surface area contributed by atoms with E-state index < -0.39 is 71.8 Å². The van der Waals surface area contributed by atoms with Crippen LogP contribution in [0.15, 0.2) is 24.3 Å². The quantitative estimate of drug-likeness (QED) is 0.353. The molecule has 28 heavy (non-hydrogen) atoms. The minimum absolute atomic E-state index is 0.420. The number of esters is 1. The van der Waals surface area contributed by atoms with Crippen molar-refractivity contribution in [3.05, 3.63) is 41.7 Å². The number of amides is 3. The SMILES string of the molecule is O=C(COC(=O)CN1C(=O)[C@H]2CC=CC[C@@H]2C1=O)Nc1ccc(F)c(F)c1F. The van der Waals surface area contributed by atoms with E-state index in [1.165, 1.54) is 0 Å². The van der Waals surface area contributed by atoms with Crippen LogP contribution < -0.4 is 5.32 Å². The first kappa shape index (κ1) is 19.6. The maximum absolute atomic E-state index is 13.5. The highest BCUT2D eigenvalue weighted by molar-refractivity contribution is 6.07. The van der Waals surface area contributed by atoms with Gasteiger partial charge in [-0.2, -0.15) is 0 Å². The maximum Gasteiger partial charge on any atom is 0.326 e. The molecule has 3 amide bonds. The molecule has 1 aliphatic heterocycles. The van der Waals surface area contributed by atoms with Crippen LogP contribution in [0.4, 0.5) is 18.9 Å². The summed E-state index contributed by atoms with van der Waals surface area (Å²) in [6.45, 7) is -1.50. The Balaban J connectivity index is 1.52. The van der Waals surface area contributed by atoms with E-state index >= 15 is 0 Å². The normalized spacial score (nSPS) is 20.9.